The predicted molar refractivity (Wildman–Crippen MR) is 71.1 cm³/mol. The minimum absolute atomic E-state index is 0.0101. The van der Waals surface area contributed by atoms with E-state index in [4.69, 9.17) is 4.74 Å². The molecule has 1 aromatic heterocycles. The summed E-state index contributed by atoms with van der Waals surface area (Å²) in [6.07, 6.45) is 0. The Morgan fingerprint density at radius 2 is 2.05 bits per heavy atom. The molecular formula is C13H11F2N3O3. The van der Waals surface area contributed by atoms with Gasteiger partial charge in [0.15, 0.2) is 11.6 Å². The van der Waals surface area contributed by atoms with Gasteiger partial charge in [-0.1, -0.05) is 6.07 Å². The summed E-state index contributed by atoms with van der Waals surface area (Å²) in [7, 11) is 1.38. The zero-order valence-electron chi connectivity index (χ0n) is 11.0. The Balaban J connectivity index is 2.21. The molecule has 21 heavy (non-hydrogen) atoms. The molecule has 1 heterocycles. The molecule has 0 atom stereocenters. The summed E-state index contributed by atoms with van der Waals surface area (Å²) in [6.45, 7) is 0.0538. The molecule has 1 aromatic carbocycles. The number of hydrogen-bond acceptors (Lipinski definition) is 5. The van der Waals surface area contributed by atoms with E-state index >= 15 is 0 Å². The van der Waals surface area contributed by atoms with Crippen LogP contribution in [0.25, 0.3) is 0 Å². The van der Waals surface area contributed by atoms with Gasteiger partial charge in [0.1, 0.15) is 0 Å². The first-order valence-corrected chi connectivity index (χ1v) is 5.88. The average molecular weight is 295 g/mol. The molecule has 2 aromatic rings. The van der Waals surface area contributed by atoms with E-state index in [9.17, 15) is 18.9 Å². The van der Waals surface area contributed by atoms with Crippen LogP contribution in [0, 0.1) is 21.7 Å². The SMILES string of the molecule is COc1ccc([N+](=O)[O-])c(NCc2ccc(F)c(F)c2)n1. The Hall–Kier alpha value is -2.77. The number of aromatic nitrogens is 1. The number of nitrogens with one attached hydrogen (secondary N) is 1. The third-order valence-electron chi connectivity index (χ3n) is 2.70. The maximum absolute atomic E-state index is 13.1. The molecule has 1 N–H and O–H groups in total. The van der Waals surface area contributed by atoms with Gasteiger partial charge >= 0.3 is 5.69 Å². The second-order valence-corrected chi connectivity index (χ2v) is 4.08. The van der Waals surface area contributed by atoms with Crippen molar-refractivity contribution in [2.75, 3.05) is 12.4 Å². The zero-order chi connectivity index (χ0) is 15.4. The highest BCUT2D eigenvalue weighted by Gasteiger charge is 2.16. The van der Waals surface area contributed by atoms with E-state index in [1.54, 1.807) is 0 Å². The molecule has 0 amide bonds. The van der Waals surface area contributed by atoms with E-state index in [0.717, 1.165) is 12.1 Å². The highest BCUT2D eigenvalue weighted by atomic mass is 19.2. The molecule has 0 bridgehead atoms. The van der Waals surface area contributed by atoms with Gasteiger partial charge in [-0.2, -0.15) is 4.98 Å². The summed E-state index contributed by atoms with van der Waals surface area (Å²) in [4.78, 5) is 14.2. The molecule has 6 nitrogen and oxygen atoms in total. The highest BCUT2D eigenvalue weighted by Crippen LogP contribution is 2.25. The maximum Gasteiger partial charge on any atom is 0.311 e. The number of nitro groups is 1. The third-order valence-corrected chi connectivity index (χ3v) is 2.70. The first-order chi connectivity index (χ1) is 10.0. The third kappa shape index (κ3) is 3.41. The van der Waals surface area contributed by atoms with E-state index < -0.39 is 16.6 Å². The molecule has 0 unspecified atom stereocenters. The lowest BCUT2D eigenvalue weighted by atomic mass is 10.2. The van der Waals surface area contributed by atoms with Gasteiger partial charge in [0.2, 0.25) is 11.7 Å². The predicted octanol–water partition coefficient (Wildman–Crippen LogP) is 2.89. The van der Waals surface area contributed by atoms with Crippen molar-refractivity contribution in [2.24, 2.45) is 0 Å². The molecule has 0 spiro atoms. The van der Waals surface area contributed by atoms with Crippen LogP contribution in [0.3, 0.4) is 0 Å². The number of pyridine rings is 1. The van der Waals surface area contributed by atoms with E-state index in [-0.39, 0.29) is 23.9 Å². The summed E-state index contributed by atoms with van der Waals surface area (Å²) >= 11 is 0. The van der Waals surface area contributed by atoms with Gasteiger partial charge in [0.05, 0.1) is 12.0 Å². The van der Waals surface area contributed by atoms with Crippen molar-refractivity contribution < 1.29 is 18.4 Å². The monoisotopic (exact) mass is 295 g/mol. The van der Waals surface area contributed by atoms with Crippen LogP contribution >= 0.6 is 0 Å². The van der Waals surface area contributed by atoms with Crippen molar-refractivity contribution >= 4 is 11.5 Å². The fraction of sp³-hybridized carbons (Fsp3) is 0.154. The Morgan fingerprint density at radius 3 is 2.67 bits per heavy atom. The maximum atomic E-state index is 13.1. The van der Waals surface area contributed by atoms with Crippen LogP contribution in [-0.4, -0.2) is 17.0 Å². The van der Waals surface area contributed by atoms with Crippen molar-refractivity contribution in [1.29, 1.82) is 0 Å². The molecule has 0 saturated carbocycles. The highest BCUT2D eigenvalue weighted by molar-refractivity contribution is 5.57. The normalized spacial score (nSPS) is 10.2. The molecule has 0 aliphatic carbocycles. The van der Waals surface area contributed by atoms with Crippen LogP contribution in [0.4, 0.5) is 20.3 Å². The second kappa shape index (κ2) is 6.12. The molecule has 0 saturated heterocycles. The number of halogens is 2. The topological polar surface area (TPSA) is 77.3 Å². The van der Waals surface area contributed by atoms with E-state index in [1.165, 1.54) is 25.3 Å². The summed E-state index contributed by atoms with van der Waals surface area (Å²) in [6, 6.07) is 5.98. The lowest BCUT2D eigenvalue weighted by Crippen LogP contribution is -2.06. The van der Waals surface area contributed by atoms with Crippen LogP contribution in [0.2, 0.25) is 0 Å². The fourth-order valence-electron chi connectivity index (χ4n) is 1.66. The summed E-state index contributed by atoms with van der Waals surface area (Å²) < 4.78 is 30.8. The number of nitrogens with zero attached hydrogens (tertiary/aromatic N) is 2. The zero-order valence-corrected chi connectivity index (χ0v) is 11.0. The number of methoxy groups -OCH3 is 1. The number of hydrogen-bond donors (Lipinski definition) is 1. The van der Waals surface area contributed by atoms with Crippen molar-refractivity contribution in [3.8, 4) is 5.88 Å². The van der Waals surface area contributed by atoms with Crippen molar-refractivity contribution in [2.45, 2.75) is 6.54 Å². The Bertz CT molecular complexity index is 680. The molecule has 2 rings (SSSR count). The van der Waals surface area contributed by atoms with Crippen LogP contribution in [0.5, 0.6) is 5.88 Å². The molecule has 0 radical (unpaired) electrons. The smallest absolute Gasteiger partial charge is 0.311 e. The Labute approximate surface area is 118 Å². The number of rotatable bonds is 5. The largest absolute Gasteiger partial charge is 0.481 e. The molecule has 0 aliphatic heterocycles. The van der Waals surface area contributed by atoms with Gasteiger partial charge in [-0.3, -0.25) is 10.1 Å². The minimum Gasteiger partial charge on any atom is -0.481 e. The molecule has 0 aliphatic rings. The van der Waals surface area contributed by atoms with Crippen LogP contribution < -0.4 is 10.1 Å². The summed E-state index contributed by atoms with van der Waals surface area (Å²) in [5, 5.41) is 13.6. The summed E-state index contributed by atoms with van der Waals surface area (Å²) in [5.41, 5.74) is 0.186. The van der Waals surface area contributed by atoms with E-state index in [0.29, 0.717) is 5.56 Å². The van der Waals surface area contributed by atoms with Crippen molar-refractivity contribution in [3.63, 3.8) is 0 Å². The lowest BCUT2D eigenvalue weighted by molar-refractivity contribution is -0.384. The van der Waals surface area contributed by atoms with Crippen molar-refractivity contribution in [1.82, 2.24) is 4.98 Å². The van der Waals surface area contributed by atoms with Gasteiger partial charge in [-0.15, -0.1) is 0 Å². The van der Waals surface area contributed by atoms with E-state index in [2.05, 4.69) is 10.3 Å². The fourth-order valence-corrected chi connectivity index (χ4v) is 1.66. The Morgan fingerprint density at radius 1 is 1.29 bits per heavy atom. The van der Waals surface area contributed by atoms with Crippen LogP contribution in [0.15, 0.2) is 30.3 Å². The van der Waals surface area contributed by atoms with Crippen molar-refractivity contribution in [3.05, 3.63) is 57.6 Å². The Kier molecular flexibility index (Phi) is 4.27. The quantitative estimate of drug-likeness (QED) is 0.678. The van der Waals surface area contributed by atoms with Gasteiger partial charge < -0.3 is 10.1 Å². The standard InChI is InChI=1S/C13H11F2N3O3/c1-21-12-5-4-11(18(19)20)13(17-12)16-7-8-2-3-9(14)10(15)6-8/h2-6H,7H2,1H3,(H,16,17). The molecule has 110 valence electrons. The number of benzene rings is 1. The molecular weight excluding hydrogens is 284 g/mol. The lowest BCUT2D eigenvalue weighted by Gasteiger charge is -2.08. The van der Waals surface area contributed by atoms with Gasteiger partial charge in [0.25, 0.3) is 0 Å². The average Bonchev–Trinajstić information content (AvgIpc) is 2.48. The first-order valence-electron chi connectivity index (χ1n) is 5.88. The molecule has 0 fully saturated rings. The van der Waals surface area contributed by atoms with Gasteiger partial charge in [-0.25, -0.2) is 8.78 Å². The first kappa shape index (κ1) is 14.6. The second-order valence-electron chi connectivity index (χ2n) is 4.08. The minimum atomic E-state index is -0.984. The van der Waals surface area contributed by atoms with Crippen LogP contribution in [0.1, 0.15) is 5.56 Å². The number of anilines is 1. The summed E-state index contributed by atoms with van der Waals surface area (Å²) in [5.74, 6) is -1.75. The molecule has 8 heteroatoms. The van der Waals surface area contributed by atoms with Gasteiger partial charge in [0, 0.05) is 18.7 Å². The van der Waals surface area contributed by atoms with Gasteiger partial charge in [-0.05, 0) is 17.7 Å². The van der Waals surface area contributed by atoms with Crippen LogP contribution in [-0.2, 0) is 6.54 Å². The van der Waals surface area contributed by atoms with E-state index in [1.807, 2.05) is 0 Å². The number of ether oxygens (including phenoxy) is 1.